The number of aryl methyl sites for hydroxylation is 2. The Balaban J connectivity index is 0.606. The molecule has 0 saturated heterocycles. The van der Waals surface area contributed by atoms with Crippen LogP contribution in [0.2, 0.25) is 0 Å². The van der Waals surface area contributed by atoms with Crippen molar-refractivity contribution in [3.63, 3.8) is 0 Å². The third kappa shape index (κ3) is 18.5. The lowest BCUT2D eigenvalue weighted by Gasteiger charge is -2.28. The number of phenols is 2. The van der Waals surface area contributed by atoms with E-state index in [1.807, 2.05) is 149 Å². The highest BCUT2D eigenvalue weighted by atomic mass is 16.6. The van der Waals surface area contributed by atoms with Crippen LogP contribution in [0.25, 0.3) is 33.4 Å². The van der Waals surface area contributed by atoms with Crippen LogP contribution in [0.4, 0.5) is 0 Å². The van der Waals surface area contributed by atoms with E-state index in [0.717, 1.165) is 33.8 Å². The molecule has 0 fully saturated rings. The number of benzene rings is 6. The highest BCUT2D eigenvalue weighted by Gasteiger charge is 2.31. The first kappa shape index (κ1) is 65.0. The molecule has 8 aromatic rings. The van der Waals surface area contributed by atoms with Gasteiger partial charge in [0.15, 0.2) is 0 Å². The molecule has 2 N–H and O–H groups in total. The normalized spacial score (nSPS) is 11.8. The average molecular weight is 1200 g/mol. The molecule has 0 saturated carbocycles. The van der Waals surface area contributed by atoms with Gasteiger partial charge in [-0.2, -0.15) is 0 Å². The number of nitrogens with zero attached hydrogens (tertiary/aromatic N) is 6. The molecule has 21 nitrogen and oxygen atoms in total. The molecular weight excluding hydrogens is 1120 g/mol. The molecule has 0 radical (unpaired) electrons. The molecule has 2 aromatic heterocycles. The number of hydrogen-bond donors (Lipinski definition) is 2. The van der Waals surface area contributed by atoms with Gasteiger partial charge in [0.25, 0.3) is 0 Å². The van der Waals surface area contributed by atoms with Crippen molar-refractivity contribution in [2.75, 3.05) is 120 Å². The van der Waals surface area contributed by atoms with Gasteiger partial charge in [-0.05, 0) is 95.8 Å². The van der Waals surface area contributed by atoms with Gasteiger partial charge < -0.3 is 62.3 Å². The van der Waals surface area contributed by atoms with Crippen LogP contribution in [-0.4, -0.2) is 172 Å². The second-order valence-corrected chi connectivity index (χ2v) is 21.4. The molecule has 0 atom stereocenters. The number of ether oxygens (including phenoxy) is 11. The van der Waals surface area contributed by atoms with Crippen molar-refractivity contribution in [2.45, 2.75) is 64.2 Å². The zero-order chi connectivity index (χ0) is 61.4. The third-order valence-corrected chi connectivity index (χ3v) is 14.7. The summed E-state index contributed by atoms with van der Waals surface area (Å²) in [4.78, 5) is 28.5. The Hall–Kier alpha value is -8.02. The van der Waals surface area contributed by atoms with E-state index in [1.165, 1.54) is 9.59 Å². The summed E-state index contributed by atoms with van der Waals surface area (Å²) >= 11 is 0. The molecule has 8 rings (SSSR count). The third-order valence-electron chi connectivity index (χ3n) is 14.7. The van der Waals surface area contributed by atoms with Crippen LogP contribution in [0.15, 0.2) is 121 Å². The van der Waals surface area contributed by atoms with Crippen LogP contribution in [0, 0.1) is 0 Å². The second-order valence-electron chi connectivity index (χ2n) is 21.4. The largest absolute Gasteiger partial charge is 0.505 e. The molecule has 0 unspecified atom stereocenters. The summed E-state index contributed by atoms with van der Waals surface area (Å²) in [5.41, 5.74) is 7.26. The number of rotatable bonds is 38. The van der Waals surface area contributed by atoms with Crippen molar-refractivity contribution in [3.8, 4) is 34.4 Å². The number of carbonyl (C=O) groups excluding carboxylic acids is 2. The Morgan fingerprint density at radius 3 is 0.954 bits per heavy atom. The quantitative estimate of drug-likeness (QED) is 0.0271. The molecule has 0 aliphatic rings. The van der Waals surface area contributed by atoms with Gasteiger partial charge in [0, 0.05) is 34.8 Å². The number of aromatic hydroxyl groups is 2. The summed E-state index contributed by atoms with van der Waals surface area (Å²) in [6, 6.07) is 37.9. The Kier molecular flexibility index (Phi) is 24.4. The van der Waals surface area contributed by atoms with Crippen molar-refractivity contribution < 1.29 is 71.9 Å². The number of aromatic nitrogens is 6. The van der Waals surface area contributed by atoms with Gasteiger partial charge in [-0.1, -0.05) is 88.4 Å². The summed E-state index contributed by atoms with van der Waals surface area (Å²) in [6.07, 6.45) is 0.988. The van der Waals surface area contributed by atoms with Gasteiger partial charge in [0.2, 0.25) is 0 Å². The highest BCUT2D eigenvalue weighted by molar-refractivity contribution is 5.75. The van der Waals surface area contributed by atoms with Gasteiger partial charge in [0.05, 0.1) is 107 Å². The molecule has 0 aliphatic heterocycles. The monoisotopic (exact) mass is 1200 g/mol. The minimum absolute atomic E-state index is 0.0520. The van der Waals surface area contributed by atoms with E-state index in [-0.39, 0.29) is 62.7 Å². The zero-order valence-corrected chi connectivity index (χ0v) is 50.6. The number of methoxy groups -OCH3 is 2. The van der Waals surface area contributed by atoms with Crippen molar-refractivity contribution in [1.82, 2.24) is 30.0 Å². The smallest absolute Gasteiger partial charge is 0.306 e. The van der Waals surface area contributed by atoms with Gasteiger partial charge in [0.1, 0.15) is 69.7 Å². The Morgan fingerprint density at radius 1 is 0.402 bits per heavy atom. The predicted octanol–water partition coefficient (Wildman–Crippen LogP) is 9.00. The minimum Gasteiger partial charge on any atom is -0.505 e. The molecule has 0 aliphatic carbocycles. The van der Waals surface area contributed by atoms with E-state index in [2.05, 4.69) is 20.4 Å². The maximum atomic E-state index is 12.8. The molecule has 0 bridgehead atoms. The fourth-order valence-electron chi connectivity index (χ4n) is 9.65. The van der Waals surface area contributed by atoms with Crippen molar-refractivity contribution in [1.29, 1.82) is 0 Å². The van der Waals surface area contributed by atoms with Gasteiger partial charge >= 0.3 is 11.9 Å². The molecule has 87 heavy (non-hydrogen) atoms. The Bertz CT molecular complexity index is 3150. The van der Waals surface area contributed by atoms with Crippen LogP contribution >= 0.6 is 0 Å². The number of phenolic OH excluding ortho intramolecular Hbond substituents is 2. The summed E-state index contributed by atoms with van der Waals surface area (Å²) < 4.78 is 60.7. The van der Waals surface area contributed by atoms with Crippen LogP contribution in [-0.2, 0) is 75.9 Å². The van der Waals surface area contributed by atoms with E-state index in [9.17, 15) is 19.8 Å². The summed E-state index contributed by atoms with van der Waals surface area (Å²) in [5.74, 6) is 0.837. The Labute approximate surface area is 507 Å². The fraction of sp³-hybridized carbons (Fsp3) is 0.424. The number of fused-ring (bicyclic) bond motifs is 2. The second kappa shape index (κ2) is 32.6. The predicted molar refractivity (Wildman–Crippen MR) is 326 cm³/mol. The lowest BCUT2D eigenvalue weighted by molar-refractivity contribution is -0.146. The molecule has 2 heterocycles. The summed E-state index contributed by atoms with van der Waals surface area (Å²) in [5, 5.41) is 41.9. The van der Waals surface area contributed by atoms with Gasteiger partial charge in [-0.3, -0.25) is 9.59 Å². The maximum Gasteiger partial charge on any atom is 0.306 e. The van der Waals surface area contributed by atoms with Crippen molar-refractivity contribution in [3.05, 3.63) is 155 Å². The number of hydrogen-bond acceptors (Lipinski definition) is 19. The lowest BCUT2D eigenvalue weighted by Crippen LogP contribution is -2.20. The minimum atomic E-state index is -0.625. The summed E-state index contributed by atoms with van der Waals surface area (Å²) in [7, 11) is 3.24. The average Bonchev–Trinajstić information content (AvgIpc) is 3.37. The fourth-order valence-corrected chi connectivity index (χ4v) is 9.65. The molecule has 464 valence electrons. The lowest BCUT2D eigenvalue weighted by atomic mass is 9.76. The molecule has 0 spiro atoms. The van der Waals surface area contributed by atoms with Crippen molar-refractivity contribution in [2.24, 2.45) is 0 Å². The van der Waals surface area contributed by atoms with Gasteiger partial charge in [-0.25, -0.2) is 0 Å². The molecule has 6 aromatic carbocycles. The van der Waals surface area contributed by atoms with E-state index >= 15 is 0 Å². The van der Waals surface area contributed by atoms with E-state index < -0.39 is 10.8 Å². The van der Waals surface area contributed by atoms with E-state index in [0.29, 0.717) is 137 Å². The van der Waals surface area contributed by atoms with Crippen molar-refractivity contribution >= 4 is 34.0 Å². The molecule has 21 heteroatoms. The first-order valence-corrected chi connectivity index (χ1v) is 29.3. The van der Waals surface area contributed by atoms with Crippen LogP contribution in [0.1, 0.15) is 73.9 Å². The van der Waals surface area contributed by atoms with Gasteiger partial charge in [-0.15, -0.1) is 30.0 Å². The highest BCUT2D eigenvalue weighted by Crippen LogP contribution is 2.43. The first-order chi connectivity index (χ1) is 42.2. The van der Waals surface area contributed by atoms with Crippen LogP contribution < -0.4 is 9.47 Å². The first-order valence-electron chi connectivity index (χ1n) is 29.3. The van der Waals surface area contributed by atoms with Crippen LogP contribution in [0.3, 0.4) is 0 Å². The SMILES string of the molecule is COc1ccc(C(C)(C)c2cc(CCC(=O)OCCOCCOCCOCCOCCOCCOCCOCCOC(=O)CCc3cc(-n4nc5ccccc5n4)c(O)c(C(C)(C)c4ccc(OC)cc4)c3)cc(-n3nc4ccccc4n3)c2O)cc1. The number of esters is 2. The van der Waals surface area contributed by atoms with E-state index in [1.54, 1.807) is 14.2 Å². The Morgan fingerprint density at radius 2 is 0.678 bits per heavy atom. The standard InChI is InChI=1S/C66H80N6O15/c1-65(2,49-17-21-51(77-5)22-18-49)53-43-47(45-59(63(53)75)71-67-55-11-7-8-12-56(55)68-71)15-25-61(73)86-41-39-84-37-35-82-33-31-80-29-27-79-28-30-81-32-34-83-36-38-85-40-42-87-62(74)26-16-48-44-54(66(3,4)50-19-23-52(78-6)24-20-50)64(76)60(46-48)72-69-57-13-9-10-14-58(57)70-72/h7-14,17-24,43-46,75-76H,15-16,25-42H2,1-6H3. The summed E-state index contributed by atoms with van der Waals surface area (Å²) in [6.45, 7) is 13.5. The maximum absolute atomic E-state index is 12.8. The number of carbonyl (C=O) groups is 2. The topological polar surface area (TPSA) is 238 Å². The van der Waals surface area contributed by atoms with E-state index in [4.69, 9.17) is 52.1 Å². The van der Waals surface area contributed by atoms with Crippen LogP contribution in [0.5, 0.6) is 23.0 Å². The zero-order valence-electron chi connectivity index (χ0n) is 50.6. The molecule has 0 amide bonds. The molecular formula is C66H80N6O15.